The summed E-state index contributed by atoms with van der Waals surface area (Å²) in [6.45, 7) is 6.42. The second kappa shape index (κ2) is 9.98. The molecule has 0 aliphatic carbocycles. The fourth-order valence-electron chi connectivity index (χ4n) is 4.49. The van der Waals surface area contributed by atoms with Crippen molar-refractivity contribution >= 4 is 34.8 Å². The number of ether oxygens (including phenoxy) is 1. The fraction of sp³-hybridized carbons (Fsp3) is 0.129. The van der Waals surface area contributed by atoms with Crippen molar-refractivity contribution in [1.82, 2.24) is 0 Å². The molecule has 1 aliphatic rings. The molecule has 8 heteroatoms. The van der Waals surface area contributed by atoms with E-state index in [0.717, 1.165) is 16.9 Å². The summed E-state index contributed by atoms with van der Waals surface area (Å²) in [6, 6.07) is 26.8. The SMILES string of the molecule is CC(C)(C)c1ccc(N2C(=O)C(=NNc3cccc(-c4cccc(OC(=O)O)c4)c3O)c3ccccc32)cc1. The number of hydrogen-bond acceptors (Lipinski definition) is 6. The number of nitrogens with zero attached hydrogens (tertiary/aromatic N) is 2. The number of rotatable bonds is 5. The van der Waals surface area contributed by atoms with Gasteiger partial charge in [-0.3, -0.25) is 15.1 Å². The van der Waals surface area contributed by atoms with Crippen LogP contribution in [0.5, 0.6) is 11.5 Å². The Morgan fingerprint density at radius 2 is 1.59 bits per heavy atom. The van der Waals surface area contributed by atoms with Crippen LogP contribution in [0.2, 0.25) is 0 Å². The summed E-state index contributed by atoms with van der Waals surface area (Å²) in [5.74, 6) is -0.272. The molecule has 1 aliphatic heterocycles. The average Bonchev–Trinajstić information content (AvgIpc) is 3.18. The molecule has 0 spiro atoms. The highest BCUT2D eigenvalue weighted by Gasteiger charge is 2.35. The summed E-state index contributed by atoms with van der Waals surface area (Å²) < 4.78 is 4.73. The molecule has 39 heavy (non-hydrogen) atoms. The smallest absolute Gasteiger partial charge is 0.505 e. The zero-order chi connectivity index (χ0) is 27.7. The summed E-state index contributed by atoms with van der Waals surface area (Å²) in [7, 11) is 0. The highest BCUT2D eigenvalue weighted by Crippen LogP contribution is 2.39. The third-order valence-electron chi connectivity index (χ3n) is 6.47. The van der Waals surface area contributed by atoms with Gasteiger partial charge in [0.05, 0.1) is 11.4 Å². The van der Waals surface area contributed by atoms with E-state index in [1.54, 1.807) is 35.2 Å². The lowest BCUT2D eigenvalue weighted by Crippen LogP contribution is -2.26. The molecule has 0 aromatic heterocycles. The number of nitrogens with one attached hydrogen (secondary N) is 1. The minimum atomic E-state index is -1.43. The number of phenols is 1. The zero-order valence-corrected chi connectivity index (χ0v) is 21.7. The van der Waals surface area contributed by atoms with Crippen molar-refractivity contribution in [3.63, 3.8) is 0 Å². The molecular formula is C31H27N3O5. The maximum Gasteiger partial charge on any atom is 0.511 e. The monoisotopic (exact) mass is 521 g/mol. The van der Waals surface area contributed by atoms with E-state index in [1.807, 2.05) is 48.5 Å². The van der Waals surface area contributed by atoms with E-state index in [4.69, 9.17) is 9.84 Å². The van der Waals surface area contributed by atoms with Crippen LogP contribution in [-0.4, -0.2) is 28.0 Å². The van der Waals surface area contributed by atoms with Crippen molar-refractivity contribution in [3.8, 4) is 22.6 Å². The molecule has 0 fully saturated rings. The molecule has 196 valence electrons. The summed E-state index contributed by atoms with van der Waals surface area (Å²) in [5, 5.41) is 24.3. The third kappa shape index (κ3) is 5.04. The van der Waals surface area contributed by atoms with Gasteiger partial charge in [0.25, 0.3) is 5.91 Å². The van der Waals surface area contributed by atoms with E-state index >= 15 is 0 Å². The number of hydrazone groups is 1. The molecule has 0 saturated carbocycles. The predicted octanol–water partition coefficient (Wildman–Crippen LogP) is 6.91. The lowest BCUT2D eigenvalue weighted by Gasteiger charge is -2.21. The molecule has 4 aromatic carbocycles. The van der Waals surface area contributed by atoms with Gasteiger partial charge in [0.15, 0.2) is 5.71 Å². The fourth-order valence-corrected chi connectivity index (χ4v) is 4.49. The summed E-state index contributed by atoms with van der Waals surface area (Å²) in [6.07, 6.45) is -1.43. The number of amides is 1. The second-order valence-electron chi connectivity index (χ2n) is 10.1. The Morgan fingerprint density at radius 1 is 0.897 bits per heavy atom. The minimum absolute atomic E-state index is 0.0108. The molecule has 8 nitrogen and oxygen atoms in total. The number of aromatic hydroxyl groups is 1. The van der Waals surface area contributed by atoms with Gasteiger partial charge in [0, 0.05) is 16.8 Å². The molecular weight excluding hydrogens is 494 g/mol. The van der Waals surface area contributed by atoms with Crippen molar-refractivity contribution in [2.24, 2.45) is 5.10 Å². The molecule has 4 aromatic rings. The Bertz CT molecular complexity index is 1600. The number of anilines is 3. The molecule has 0 unspecified atom stereocenters. The molecule has 5 rings (SSSR count). The average molecular weight is 522 g/mol. The number of para-hydroxylation sites is 2. The Labute approximate surface area is 225 Å². The number of phenolic OH excluding ortho intramolecular Hbond substituents is 1. The highest BCUT2D eigenvalue weighted by molar-refractivity contribution is 6.55. The van der Waals surface area contributed by atoms with Crippen LogP contribution in [0.1, 0.15) is 31.9 Å². The maximum atomic E-state index is 13.6. The molecule has 1 amide bonds. The summed E-state index contributed by atoms with van der Waals surface area (Å²) in [5.41, 5.74) is 7.62. The van der Waals surface area contributed by atoms with E-state index in [9.17, 15) is 14.7 Å². The van der Waals surface area contributed by atoms with E-state index in [0.29, 0.717) is 16.7 Å². The van der Waals surface area contributed by atoms with Crippen LogP contribution in [0.4, 0.5) is 21.9 Å². The van der Waals surface area contributed by atoms with Crippen LogP contribution in [0.15, 0.2) is 96.1 Å². The van der Waals surface area contributed by atoms with E-state index < -0.39 is 6.16 Å². The van der Waals surface area contributed by atoms with Crippen LogP contribution in [0, 0.1) is 0 Å². The lowest BCUT2D eigenvalue weighted by molar-refractivity contribution is -0.111. The van der Waals surface area contributed by atoms with E-state index in [-0.39, 0.29) is 34.2 Å². The molecule has 0 radical (unpaired) electrons. The number of carbonyl (C=O) groups is 2. The normalized spacial score (nSPS) is 13.9. The first kappa shape index (κ1) is 25.5. The molecule has 0 bridgehead atoms. The van der Waals surface area contributed by atoms with Crippen molar-refractivity contribution in [2.75, 3.05) is 10.3 Å². The first-order valence-corrected chi connectivity index (χ1v) is 12.3. The van der Waals surface area contributed by atoms with Gasteiger partial charge in [-0.1, -0.05) is 75.4 Å². The first-order valence-electron chi connectivity index (χ1n) is 12.3. The van der Waals surface area contributed by atoms with Crippen molar-refractivity contribution in [3.05, 3.63) is 102 Å². The maximum absolute atomic E-state index is 13.6. The number of carboxylic acid groups (broad SMARTS) is 1. The van der Waals surface area contributed by atoms with Crippen molar-refractivity contribution in [2.45, 2.75) is 26.2 Å². The highest BCUT2D eigenvalue weighted by atomic mass is 16.7. The number of carbonyl (C=O) groups excluding carboxylic acids is 1. The van der Waals surface area contributed by atoms with Crippen molar-refractivity contribution < 1.29 is 24.5 Å². The summed E-state index contributed by atoms with van der Waals surface area (Å²) in [4.78, 5) is 26.1. The second-order valence-corrected chi connectivity index (χ2v) is 10.1. The van der Waals surface area contributed by atoms with Crippen molar-refractivity contribution in [1.29, 1.82) is 0 Å². The standard InChI is InChI=1S/C31H27N3O5/c1-31(2,3)20-14-16-21(17-15-20)34-26-13-5-4-10-24(26)27(29(34)36)33-32-25-12-7-11-23(28(25)35)19-8-6-9-22(18-19)39-30(37)38/h4-18,32,35H,1-3H3,(H,37,38). The Hall–Kier alpha value is -5.11. The van der Waals surface area contributed by atoms with Gasteiger partial charge in [-0.15, -0.1) is 0 Å². The Balaban J connectivity index is 1.46. The van der Waals surface area contributed by atoms with Crippen LogP contribution in [-0.2, 0) is 10.2 Å². The number of benzene rings is 4. The first-order chi connectivity index (χ1) is 18.6. The zero-order valence-electron chi connectivity index (χ0n) is 21.7. The van der Waals surface area contributed by atoms with Crippen LogP contribution < -0.4 is 15.1 Å². The largest absolute Gasteiger partial charge is 0.511 e. The predicted molar refractivity (Wildman–Crippen MR) is 151 cm³/mol. The molecule has 0 saturated heterocycles. The van der Waals surface area contributed by atoms with E-state index in [1.165, 1.54) is 12.1 Å². The van der Waals surface area contributed by atoms with Gasteiger partial charge in [-0.05, 0) is 52.9 Å². The third-order valence-corrected chi connectivity index (χ3v) is 6.47. The van der Waals surface area contributed by atoms with Gasteiger partial charge in [-0.25, -0.2) is 4.79 Å². The van der Waals surface area contributed by atoms with Gasteiger partial charge in [0.2, 0.25) is 0 Å². The Morgan fingerprint density at radius 3 is 2.31 bits per heavy atom. The quantitative estimate of drug-likeness (QED) is 0.114. The van der Waals surface area contributed by atoms with Gasteiger partial charge >= 0.3 is 6.16 Å². The Kier molecular flexibility index (Phi) is 6.54. The molecule has 3 N–H and O–H groups in total. The van der Waals surface area contributed by atoms with Gasteiger partial charge < -0.3 is 14.9 Å². The van der Waals surface area contributed by atoms with E-state index in [2.05, 4.69) is 31.3 Å². The summed E-state index contributed by atoms with van der Waals surface area (Å²) >= 11 is 0. The van der Waals surface area contributed by atoms with Gasteiger partial charge in [0.1, 0.15) is 11.5 Å². The number of fused-ring (bicyclic) bond motifs is 1. The topological polar surface area (TPSA) is 111 Å². The van der Waals surface area contributed by atoms with Crippen LogP contribution in [0.25, 0.3) is 11.1 Å². The minimum Gasteiger partial charge on any atom is -0.505 e. The molecule has 0 atom stereocenters. The lowest BCUT2D eigenvalue weighted by atomic mass is 9.87. The van der Waals surface area contributed by atoms with Crippen LogP contribution >= 0.6 is 0 Å². The number of hydrogen-bond donors (Lipinski definition) is 3. The van der Waals surface area contributed by atoms with Crippen LogP contribution in [0.3, 0.4) is 0 Å². The van der Waals surface area contributed by atoms with Gasteiger partial charge in [-0.2, -0.15) is 5.10 Å². The molecule has 1 heterocycles.